The Morgan fingerprint density at radius 2 is 1.45 bits per heavy atom. The average Bonchev–Trinajstić information content (AvgIpc) is 2.80. The Morgan fingerprint density at radius 1 is 0.871 bits per heavy atom. The van der Waals surface area contributed by atoms with E-state index in [1.54, 1.807) is 0 Å². The molecule has 0 aliphatic carbocycles. The first-order valence-corrected chi connectivity index (χ1v) is 10.4. The first-order valence-electron chi connectivity index (χ1n) is 10.4. The molecule has 1 aliphatic rings. The summed E-state index contributed by atoms with van der Waals surface area (Å²) in [6, 6.07) is 22.0. The Hall–Kier alpha value is -3.38. The molecule has 1 aliphatic heterocycles. The summed E-state index contributed by atoms with van der Waals surface area (Å²) >= 11 is 0. The lowest BCUT2D eigenvalue weighted by Gasteiger charge is -2.37. The molecule has 3 aromatic rings. The van der Waals surface area contributed by atoms with E-state index in [1.165, 1.54) is 12.1 Å². The molecule has 6 heteroatoms. The van der Waals surface area contributed by atoms with Gasteiger partial charge in [0.1, 0.15) is 11.9 Å². The fraction of sp³-hybridized carbons (Fsp3) is 0.240. The number of anilines is 2. The van der Waals surface area contributed by atoms with Crippen molar-refractivity contribution in [3.05, 3.63) is 84.2 Å². The van der Waals surface area contributed by atoms with Crippen molar-refractivity contribution >= 4 is 17.3 Å². The zero-order valence-electron chi connectivity index (χ0n) is 17.2. The van der Waals surface area contributed by atoms with Crippen LogP contribution in [-0.2, 0) is 11.2 Å². The highest BCUT2D eigenvalue weighted by atomic mass is 19.1. The lowest BCUT2D eigenvalue weighted by Crippen LogP contribution is -2.46. The standard InChI is InChI=1S/C25H26FN3O2/c26-21-7-9-22(10-8-21)28-11-13-29(14-12-28)23-6-2-5-20(17-23)19-4-1-3-18(15-19)16-24(27)25(30)31/h1-10,15,17,24H,11-14,16,27H2,(H,30,31). The van der Waals surface area contributed by atoms with Gasteiger partial charge in [0.15, 0.2) is 0 Å². The van der Waals surface area contributed by atoms with Crippen LogP contribution in [0.4, 0.5) is 15.8 Å². The molecule has 1 unspecified atom stereocenters. The Kier molecular flexibility index (Phi) is 6.18. The van der Waals surface area contributed by atoms with Crippen LogP contribution in [0.5, 0.6) is 0 Å². The summed E-state index contributed by atoms with van der Waals surface area (Å²) in [7, 11) is 0. The van der Waals surface area contributed by atoms with Crippen LogP contribution in [0.15, 0.2) is 72.8 Å². The van der Waals surface area contributed by atoms with Gasteiger partial charge in [-0.25, -0.2) is 4.39 Å². The predicted molar refractivity (Wildman–Crippen MR) is 122 cm³/mol. The quantitative estimate of drug-likeness (QED) is 0.637. The smallest absolute Gasteiger partial charge is 0.320 e. The van der Waals surface area contributed by atoms with Gasteiger partial charge < -0.3 is 20.6 Å². The molecular formula is C25H26FN3O2. The highest BCUT2D eigenvalue weighted by Gasteiger charge is 2.18. The van der Waals surface area contributed by atoms with Crippen molar-refractivity contribution in [3.8, 4) is 11.1 Å². The van der Waals surface area contributed by atoms with E-state index in [0.717, 1.165) is 54.2 Å². The van der Waals surface area contributed by atoms with Crippen molar-refractivity contribution < 1.29 is 14.3 Å². The molecule has 1 saturated heterocycles. The molecule has 0 saturated carbocycles. The van der Waals surface area contributed by atoms with Crippen molar-refractivity contribution in [2.75, 3.05) is 36.0 Å². The van der Waals surface area contributed by atoms with Gasteiger partial charge in [-0.15, -0.1) is 0 Å². The van der Waals surface area contributed by atoms with Crippen LogP contribution in [0.2, 0.25) is 0 Å². The van der Waals surface area contributed by atoms with Gasteiger partial charge in [-0.1, -0.05) is 36.4 Å². The molecule has 0 bridgehead atoms. The van der Waals surface area contributed by atoms with E-state index in [9.17, 15) is 9.18 Å². The van der Waals surface area contributed by atoms with Gasteiger partial charge >= 0.3 is 5.97 Å². The third-order valence-corrected chi connectivity index (χ3v) is 5.72. The van der Waals surface area contributed by atoms with Gasteiger partial charge in [0.25, 0.3) is 0 Å². The van der Waals surface area contributed by atoms with E-state index >= 15 is 0 Å². The van der Waals surface area contributed by atoms with Crippen molar-refractivity contribution in [2.45, 2.75) is 12.5 Å². The van der Waals surface area contributed by atoms with Gasteiger partial charge in [-0.3, -0.25) is 4.79 Å². The number of benzene rings is 3. The first kappa shape index (κ1) is 20.9. The summed E-state index contributed by atoms with van der Waals surface area (Å²) in [6.07, 6.45) is 0.300. The predicted octanol–water partition coefficient (Wildman–Crippen LogP) is 3.77. The molecule has 1 heterocycles. The number of piperazine rings is 1. The van der Waals surface area contributed by atoms with E-state index in [1.807, 2.05) is 42.5 Å². The second-order valence-corrected chi connectivity index (χ2v) is 7.85. The topological polar surface area (TPSA) is 69.8 Å². The molecule has 5 nitrogen and oxygen atoms in total. The normalized spacial score (nSPS) is 15.0. The highest BCUT2D eigenvalue weighted by Crippen LogP contribution is 2.27. The Labute approximate surface area is 181 Å². The highest BCUT2D eigenvalue weighted by molar-refractivity contribution is 5.74. The number of hydrogen-bond acceptors (Lipinski definition) is 4. The van der Waals surface area contributed by atoms with Gasteiger partial charge in [-0.05, 0) is 59.5 Å². The summed E-state index contributed by atoms with van der Waals surface area (Å²) in [5.74, 6) is -1.21. The van der Waals surface area contributed by atoms with Crippen LogP contribution in [-0.4, -0.2) is 43.3 Å². The maximum absolute atomic E-state index is 13.2. The summed E-state index contributed by atoms with van der Waals surface area (Å²) in [6.45, 7) is 3.51. The molecule has 31 heavy (non-hydrogen) atoms. The second-order valence-electron chi connectivity index (χ2n) is 7.85. The van der Waals surface area contributed by atoms with Gasteiger partial charge in [0.2, 0.25) is 0 Å². The maximum Gasteiger partial charge on any atom is 0.320 e. The van der Waals surface area contributed by atoms with Crippen molar-refractivity contribution in [3.63, 3.8) is 0 Å². The van der Waals surface area contributed by atoms with E-state index in [-0.39, 0.29) is 5.82 Å². The summed E-state index contributed by atoms with van der Waals surface area (Å²) in [4.78, 5) is 15.7. The molecule has 3 aromatic carbocycles. The molecule has 0 spiro atoms. The van der Waals surface area contributed by atoms with Crippen LogP contribution < -0.4 is 15.5 Å². The molecule has 0 aromatic heterocycles. The van der Waals surface area contributed by atoms with E-state index < -0.39 is 12.0 Å². The van der Waals surface area contributed by atoms with Crippen molar-refractivity contribution in [2.24, 2.45) is 5.73 Å². The number of hydrogen-bond donors (Lipinski definition) is 2. The Morgan fingerprint density at radius 3 is 2.10 bits per heavy atom. The lowest BCUT2D eigenvalue weighted by atomic mass is 9.99. The van der Waals surface area contributed by atoms with E-state index in [4.69, 9.17) is 10.8 Å². The fourth-order valence-electron chi connectivity index (χ4n) is 3.98. The minimum absolute atomic E-state index is 0.215. The van der Waals surface area contributed by atoms with Gasteiger partial charge in [-0.2, -0.15) is 0 Å². The SMILES string of the molecule is NC(Cc1cccc(-c2cccc(N3CCN(c4ccc(F)cc4)CC3)c2)c1)C(=O)O. The van der Waals surface area contributed by atoms with Crippen LogP contribution in [0.1, 0.15) is 5.56 Å². The zero-order valence-corrected chi connectivity index (χ0v) is 17.2. The van der Waals surface area contributed by atoms with Gasteiger partial charge in [0.05, 0.1) is 0 Å². The number of aliphatic carboxylic acids is 1. The zero-order chi connectivity index (χ0) is 21.8. The maximum atomic E-state index is 13.2. The fourth-order valence-corrected chi connectivity index (χ4v) is 3.98. The molecule has 1 atom stereocenters. The number of carbonyl (C=O) groups is 1. The molecular weight excluding hydrogens is 393 g/mol. The number of nitrogens with two attached hydrogens (primary N) is 1. The Balaban J connectivity index is 1.45. The number of rotatable bonds is 6. The monoisotopic (exact) mass is 419 g/mol. The minimum atomic E-state index is -0.993. The number of halogens is 1. The lowest BCUT2D eigenvalue weighted by molar-refractivity contribution is -0.138. The number of carboxylic acids is 1. The van der Waals surface area contributed by atoms with Crippen molar-refractivity contribution in [1.82, 2.24) is 0 Å². The Bertz CT molecular complexity index is 1050. The third kappa shape index (κ3) is 5.03. The first-order chi connectivity index (χ1) is 15.0. The molecule has 3 N–H and O–H groups in total. The van der Waals surface area contributed by atoms with Crippen molar-refractivity contribution in [1.29, 1.82) is 0 Å². The molecule has 0 amide bonds. The third-order valence-electron chi connectivity index (χ3n) is 5.72. The summed E-state index contributed by atoms with van der Waals surface area (Å²) in [5, 5.41) is 9.06. The second kappa shape index (κ2) is 9.18. The average molecular weight is 420 g/mol. The van der Waals surface area contributed by atoms with Crippen LogP contribution >= 0.6 is 0 Å². The molecule has 0 radical (unpaired) electrons. The van der Waals surface area contributed by atoms with Gasteiger partial charge in [0, 0.05) is 37.6 Å². The molecule has 1 fully saturated rings. The number of nitrogens with zero attached hydrogens (tertiary/aromatic N) is 2. The number of carboxylic acid groups (broad SMARTS) is 1. The summed E-state index contributed by atoms with van der Waals surface area (Å²) < 4.78 is 13.2. The minimum Gasteiger partial charge on any atom is -0.480 e. The molecule has 160 valence electrons. The van der Waals surface area contributed by atoms with E-state index in [0.29, 0.717) is 6.42 Å². The van der Waals surface area contributed by atoms with Crippen LogP contribution in [0.25, 0.3) is 11.1 Å². The van der Waals surface area contributed by atoms with Crippen LogP contribution in [0, 0.1) is 5.82 Å². The molecule has 4 rings (SSSR count). The van der Waals surface area contributed by atoms with Crippen LogP contribution in [0.3, 0.4) is 0 Å². The summed E-state index contributed by atoms with van der Waals surface area (Å²) in [5.41, 5.74) is 10.9. The van der Waals surface area contributed by atoms with E-state index in [2.05, 4.69) is 28.0 Å². The largest absolute Gasteiger partial charge is 0.480 e.